The highest BCUT2D eigenvalue weighted by Gasteiger charge is 2.15. The minimum absolute atomic E-state index is 0.118. The predicted octanol–water partition coefficient (Wildman–Crippen LogP) is 1.27. The fraction of sp³-hybridized carbons (Fsp3) is 0.250. The zero-order valence-electron chi connectivity index (χ0n) is 11.4. The summed E-state index contributed by atoms with van der Waals surface area (Å²) in [7, 11) is -3.41. The number of carbonyl (C=O) groups excluding carboxylic acids is 1. The second kappa shape index (κ2) is 6.19. The zero-order chi connectivity index (χ0) is 15.5. The summed E-state index contributed by atoms with van der Waals surface area (Å²) >= 11 is 0.794. The first kappa shape index (κ1) is 15.4. The van der Waals surface area contributed by atoms with Crippen molar-refractivity contribution in [3.8, 4) is 5.75 Å². The van der Waals surface area contributed by atoms with Gasteiger partial charge in [0.1, 0.15) is 5.75 Å². The smallest absolute Gasteiger partial charge is 0.264 e. The van der Waals surface area contributed by atoms with E-state index < -0.39 is 15.7 Å². The topological polar surface area (TPSA) is 98.2 Å². The quantitative estimate of drug-likeness (QED) is 0.830. The molecule has 0 aliphatic heterocycles. The minimum Gasteiger partial charge on any atom is -0.484 e. The maximum Gasteiger partial charge on any atom is 0.264 e. The largest absolute Gasteiger partial charge is 0.484 e. The Hall–Kier alpha value is -2.00. The fourth-order valence-corrected chi connectivity index (χ4v) is 2.87. The van der Waals surface area contributed by atoms with Gasteiger partial charge in [-0.3, -0.25) is 10.1 Å². The summed E-state index contributed by atoms with van der Waals surface area (Å²) in [4.78, 5) is 11.7. The molecule has 0 bridgehead atoms. The number of amides is 1. The van der Waals surface area contributed by atoms with E-state index in [0.29, 0.717) is 5.75 Å². The van der Waals surface area contributed by atoms with Gasteiger partial charge in [0, 0.05) is 6.26 Å². The minimum atomic E-state index is -3.41. The maximum atomic E-state index is 11.7. The van der Waals surface area contributed by atoms with Crippen LogP contribution in [0.25, 0.3) is 0 Å². The van der Waals surface area contributed by atoms with Gasteiger partial charge in [-0.2, -0.15) is 0 Å². The highest BCUT2D eigenvalue weighted by molar-refractivity contribution is 7.92. The number of anilines is 1. The number of benzene rings is 1. The van der Waals surface area contributed by atoms with Gasteiger partial charge in [-0.25, -0.2) is 8.42 Å². The third kappa shape index (κ3) is 4.50. The van der Waals surface area contributed by atoms with E-state index in [1.165, 1.54) is 0 Å². The van der Waals surface area contributed by atoms with E-state index in [1.54, 1.807) is 12.1 Å². The molecule has 2 rings (SSSR count). The standard InChI is InChI=1S/C12H13N3O4S2/c1-8-3-5-9(6-4-8)19-7-10(16)13-11-14-15-12(20-11)21(2,17)18/h3-6H,7H2,1-2H3,(H,13,14,16). The number of sulfone groups is 1. The van der Waals surface area contributed by atoms with E-state index in [2.05, 4.69) is 15.5 Å². The lowest BCUT2D eigenvalue weighted by molar-refractivity contribution is -0.118. The molecule has 1 N–H and O–H groups in total. The second-order valence-electron chi connectivity index (χ2n) is 4.30. The molecular weight excluding hydrogens is 314 g/mol. The van der Waals surface area contributed by atoms with Crippen LogP contribution in [0.1, 0.15) is 5.56 Å². The summed E-state index contributed by atoms with van der Waals surface area (Å²) in [6.07, 6.45) is 1.03. The molecule has 1 aromatic carbocycles. The predicted molar refractivity (Wildman–Crippen MR) is 78.3 cm³/mol. The normalized spacial score (nSPS) is 11.1. The molecule has 7 nitrogen and oxygen atoms in total. The Morgan fingerprint density at radius 2 is 1.95 bits per heavy atom. The highest BCUT2D eigenvalue weighted by atomic mass is 32.2. The molecule has 0 saturated heterocycles. The van der Waals surface area contributed by atoms with Crippen molar-refractivity contribution in [2.75, 3.05) is 18.2 Å². The first-order chi connectivity index (χ1) is 9.84. The van der Waals surface area contributed by atoms with Crippen molar-refractivity contribution in [3.63, 3.8) is 0 Å². The van der Waals surface area contributed by atoms with Crippen molar-refractivity contribution >= 4 is 32.2 Å². The van der Waals surface area contributed by atoms with E-state index >= 15 is 0 Å². The number of ether oxygens (including phenoxy) is 1. The number of hydrogen-bond acceptors (Lipinski definition) is 7. The Kier molecular flexibility index (Phi) is 4.53. The number of hydrogen-bond donors (Lipinski definition) is 1. The molecule has 0 unspecified atom stereocenters. The Labute approximate surface area is 125 Å². The monoisotopic (exact) mass is 327 g/mol. The van der Waals surface area contributed by atoms with Gasteiger partial charge in [0.2, 0.25) is 19.3 Å². The Bertz CT molecular complexity index is 738. The maximum absolute atomic E-state index is 11.7. The van der Waals surface area contributed by atoms with Crippen molar-refractivity contribution in [2.24, 2.45) is 0 Å². The third-order valence-electron chi connectivity index (χ3n) is 2.36. The van der Waals surface area contributed by atoms with Gasteiger partial charge in [0.15, 0.2) is 6.61 Å². The average Bonchev–Trinajstić information content (AvgIpc) is 2.86. The molecule has 0 radical (unpaired) electrons. The van der Waals surface area contributed by atoms with Gasteiger partial charge in [0.25, 0.3) is 5.91 Å². The molecule has 0 aliphatic rings. The average molecular weight is 327 g/mol. The first-order valence-electron chi connectivity index (χ1n) is 5.87. The van der Waals surface area contributed by atoms with Crippen LogP contribution >= 0.6 is 11.3 Å². The van der Waals surface area contributed by atoms with E-state index in [-0.39, 0.29) is 16.1 Å². The SMILES string of the molecule is Cc1ccc(OCC(=O)Nc2nnc(S(C)(=O)=O)s2)cc1. The van der Waals surface area contributed by atoms with Crippen LogP contribution in [-0.2, 0) is 14.6 Å². The molecule has 9 heteroatoms. The second-order valence-corrected chi connectivity index (χ2v) is 7.46. The van der Waals surface area contributed by atoms with Crippen molar-refractivity contribution < 1.29 is 17.9 Å². The lowest BCUT2D eigenvalue weighted by atomic mass is 10.2. The van der Waals surface area contributed by atoms with Gasteiger partial charge in [0.05, 0.1) is 0 Å². The van der Waals surface area contributed by atoms with E-state index in [9.17, 15) is 13.2 Å². The summed E-state index contributed by atoms with van der Waals surface area (Å²) in [5.41, 5.74) is 1.09. The molecule has 0 fully saturated rings. The summed E-state index contributed by atoms with van der Waals surface area (Å²) in [5, 5.41) is 9.64. The van der Waals surface area contributed by atoms with Crippen LogP contribution in [0.15, 0.2) is 28.6 Å². The molecule has 2 aromatic rings. The summed E-state index contributed by atoms with van der Waals surface area (Å²) < 4.78 is 27.6. The number of rotatable bonds is 5. The van der Waals surface area contributed by atoms with Crippen molar-refractivity contribution in [1.82, 2.24) is 10.2 Å². The van der Waals surface area contributed by atoms with Crippen LogP contribution in [0, 0.1) is 6.92 Å². The van der Waals surface area contributed by atoms with Crippen LogP contribution in [0.3, 0.4) is 0 Å². The Morgan fingerprint density at radius 1 is 1.29 bits per heavy atom. The molecule has 0 spiro atoms. The van der Waals surface area contributed by atoms with E-state index in [0.717, 1.165) is 23.2 Å². The van der Waals surface area contributed by atoms with E-state index in [1.807, 2.05) is 19.1 Å². The fourth-order valence-electron chi connectivity index (χ4n) is 1.35. The van der Waals surface area contributed by atoms with E-state index in [4.69, 9.17) is 4.74 Å². The third-order valence-corrected chi connectivity index (χ3v) is 4.87. The van der Waals surface area contributed by atoms with Gasteiger partial charge < -0.3 is 4.74 Å². The number of aryl methyl sites for hydroxylation is 1. The van der Waals surface area contributed by atoms with Gasteiger partial charge in [-0.05, 0) is 19.1 Å². The van der Waals surface area contributed by atoms with Crippen LogP contribution in [-0.4, -0.2) is 37.4 Å². The summed E-state index contributed by atoms with van der Waals surface area (Å²) in [6.45, 7) is 1.75. The highest BCUT2D eigenvalue weighted by Crippen LogP contribution is 2.19. The molecule has 1 heterocycles. The molecule has 1 aromatic heterocycles. The van der Waals surface area contributed by atoms with Crippen molar-refractivity contribution in [1.29, 1.82) is 0 Å². The van der Waals surface area contributed by atoms with Gasteiger partial charge >= 0.3 is 0 Å². The number of nitrogens with one attached hydrogen (secondary N) is 1. The van der Waals surface area contributed by atoms with Crippen LogP contribution in [0.5, 0.6) is 5.75 Å². The molecule has 21 heavy (non-hydrogen) atoms. The van der Waals surface area contributed by atoms with Crippen LogP contribution in [0.2, 0.25) is 0 Å². The van der Waals surface area contributed by atoms with Crippen molar-refractivity contribution in [2.45, 2.75) is 11.3 Å². The molecular formula is C12H13N3O4S2. The summed E-state index contributed by atoms with van der Waals surface area (Å²) in [6, 6.07) is 7.26. The number of carbonyl (C=O) groups is 1. The molecule has 0 atom stereocenters. The molecule has 1 amide bonds. The lowest BCUT2D eigenvalue weighted by Crippen LogP contribution is -2.20. The Balaban J connectivity index is 1.90. The van der Waals surface area contributed by atoms with Crippen LogP contribution in [0.4, 0.5) is 5.13 Å². The molecule has 0 saturated carbocycles. The van der Waals surface area contributed by atoms with Crippen molar-refractivity contribution in [3.05, 3.63) is 29.8 Å². The van der Waals surface area contributed by atoms with Gasteiger partial charge in [-0.1, -0.05) is 29.0 Å². The van der Waals surface area contributed by atoms with Crippen LogP contribution < -0.4 is 10.1 Å². The first-order valence-corrected chi connectivity index (χ1v) is 8.58. The van der Waals surface area contributed by atoms with Gasteiger partial charge in [-0.15, -0.1) is 10.2 Å². The lowest BCUT2D eigenvalue weighted by Gasteiger charge is -2.05. The summed E-state index contributed by atoms with van der Waals surface area (Å²) in [5.74, 6) is 0.136. The number of aromatic nitrogens is 2. The Morgan fingerprint density at radius 3 is 2.52 bits per heavy atom. The zero-order valence-corrected chi connectivity index (χ0v) is 13.0. The molecule has 112 valence electrons. The molecule has 0 aliphatic carbocycles. The number of nitrogens with zero attached hydrogens (tertiary/aromatic N) is 2.